The van der Waals surface area contributed by atoms with Crippen LogP contribution in [0.1, 0.15) is 34.8 Å². The molecule has 0 saturated carbocycles. The number of ether oxygens (including phenoxy) is 1. The molecule has 1 heterocycles. The van der Waals surface area contributed by atoms with Gasteiger partial charge in [0.2, 0.25) is 0 Å². The first-order valence-electron chi connectivity index (χ1n) is 10.5. The highest BCUT2D eigenvalue weighted by Gasteiger charge is 2.09. The Kier molecular flexibility index (Phi) is 6.87. The molecule has 4 aromatic rings. The van der Waals surface area contributed by atoms with Crippen LogP contribution < -0.4 is 10.2 Å². The van der Waals surface area contributed by atoms with Crippen LogP contribution >= 0.6 is 11.6 Å². The lowest BCUT2D eigenvalue weighted by atomic mass is 10.2. The highest BCUT2D eigenvalue weighted by Crippen LogP contribution is 2.23. The van der Waals surface area contributed by atoms with E-state index in [2.05, 4.69) is 21.2 Å². The Hall–Kier alpha value is -3.57. The number of nitrogens with one attached hydrogen (secondary N) is 1. The Balaban J connectivity index is 1.49. The summed E-state index contributed by atoms with van der Waals surface area (Å²) in [5.41, 5.74) is 6.15. The summed E-state index contributed by atoms with van der Waals surface area (Å²) in [5, 5.41) is 5.97. The molecule has 32 heavy (non-hydrogen) atoms. The number of hydrogen-bond acceptors (Lipinski definition) is 3. The summed E-state index contributed by atoms with van der Waals surface area (Å²) in [6, 6.07) is 22.9. The topological polar surface area (TPSA) is 55.6 Å². The fourth-order valence-corrected chi connectivity index (χ4v) is 3.66. The number of fused-ring (bicyclic) bond motifs is 1. The maximum Gasteiger partial charge on any atom is 0.271 e. The van der Waals surface area contributed by atoms with Gasteiger partial charge in [-0.15, -0.1) is 0 Å². The van der Waals surface area contributed by atoms with Gasteiger partial charge in [0.05, 0.1) is 12.8 Å². The standard InChI is InChI=1S/C26H24ClN3O2/c1-2-15-32-22-13-11-19(12-14-22)26(31)29-28-16-21-18-30(25-10-6-4-8-23(21)25)17-20-7-3-5-9-24(20)27/h3-14,16,18H,2,15,17H2,1H3,(H,29,31)/b28-16+. The van der Waals surface area contributed by atoms with E-state index < -0.39 is 0 Å². The van der Waals surface area contributed by atoms with E-state index in [9.17, 15) is 4.79 Å². The van der Waals surface area contributed by atoms with Crippen LogP contribution in [0.3, 0.4) is 0 Å². The highest BCUT2D eigenvalue weighted by molar-refractivity contribution is 6.31. The summed E-state index contributed by atoms with van der Waals surface area (Å²) in [5.74, 6) is 0.473. The molecule has 0 aliphatic heterocycles. The maximum absolute atomic E-state index is 12.4. The molecule has 0 aliphatic carbocycles. The summed E-state index contributed by atoms with van der Waals surface area (Å²) >= 11 is 6.35. The molecule has 0 spiro atoms. The minimum Gasteiger partial charge on any atom is -0.494 e. The second-order valence-electron chi connectivity index (χ2n) is 7.39. The molecular formula is C26H24ClN3O2. The molecule has 162 valence electrons. The Bertz CT molecular complexity index is 1250. The lowest BCUT2D eigenvalue weighted by Crippen LogP contribution is -2.17. The molecule has 3 aromatic carbocycles. The molecule has 0 unspecified atom stereocenters. The van der Waals surface area contributed by atoms with Crippen molar-refractivity contribution in [2.45, 2.75) is 19.9 Å². The summed E-state index contributed by atoms with van der Waals surface area (Å²) in [6.07, 6.45) is 4.62. The van der Waals surface area contributed by atoms with Crippen molar-refractivity contribution in [3.8, 4) is 5.75 Å². The number of halogens is 1. The molecule has 0 bridgehead atoms. The van der Waals surface area contributed by atoms with Gasteiger partial charge in [-0.1, -0.05) is 54.9 Å². The van der Waals surface area contributed by atoms with Gasteiger partial charge in [0.1, 0.15) is 5.75 Å². The van der Waals surface area contributed by atoms with Crippen molar-refractivity contribution in [3.63, 3.8) is 0 Å². The highest BCUT2D eigenvalue weighted by atomic mass is 35.5. The summed E-state index contributed by atoms with van der Waals surface area (Å²) in [7, 11) is 0. The monoisotopic (exact) mass is 445 g/mol. The number of nitrogens with zero attached hydrogens (tertiary/aromatic N) is 2. The SMILES string of the molecule is CCCOc1ccc(C(=O)N/N=C/c2cn(Cc3ccccc3Cl)c3ccccc23)cc1. The van der Waals surface area contributed by atoms with Crippen LogP contribution in [-0.4, -0.2) is 23.3 Å². The van der Waals surface area contributed by atoms with Crippen LogP contribution in [0.25, 0.3) is 10.9 Å². The first kappa shape index (κ1) is 21.7. The average Bonchev–Trinajstić information content (AvgIpc) is 3.17. The first-order valence-corrected chi connectivity index (χ1v) is 10.9. The van der Waals surface area contributed by atoms with Crippen LogP contribution in [0.5, 0.6) is 5.75 Å². The number of para-hydroxylation sites is 1. The van der Waals surface area contributed by atoms with Gasteiger partial charge in [-0.25, -0.2) is 5.43 Å². The molecule has 0 aliphatic rings. The Morgan fingerprint density at radius 1 is 1.06 bits per heavy atom. The van der Waals surface area contributed by atoms with Crippen LogP contribution in [0.4, 0.5) is 0 Å². The number of carbonyl (C=O) groups is 1. The Morgan fingerprint density at radius 3 is 2.59 bits per heavy atom. The van der Waals surface area contributed by atoms with E-state index in [1.54, 1.807) is 30.5 Å². The molecule has 0 saturated heterocycles. The minimum absolute atomic E-state index is 0.275. The third kappa shape index (κ3) is 5.01. The lowest BCUT2D eigenvalue weighted by molar-refractivity contribution is 0.0955. The van der Waals surface area contributed by atoms with Crippen molar-refractivity contribution >= 4 is 34.6 Å². The zero-order valence-electron chi connectivity index (χ0n) is 17.8. The third-order valence-electron chi connectivity index (χ3n) is 5.08. The third-order valence-corrected chi connectivity index (χ3v) is 5.45. The normalized spacial score (nSPS) is 11.2. The fraction of sp³-hybridized carbons (Fsp3) is 0.154. The summed E-state index contributed by atoms with van der Waals surface area (Å²) in [4.78, 5) is 12.4. The fourth-order valence-electron chi connectivity index (χ4n) is 3.47. The Labute approximate surface area is 192 Å². The van der Waals surface area contributed by atoms with Crippen molar-refractivity contribution in [3.05, 3.63) is 101 Å². The molecule has 4 rings (SSSR count). The predicted molar refractivity (Wildman–Crippen MR) is 130 cm³/mol. The van der Waals surface area contributed by atoms with E-state index in [0.717, 1.165) is 39.2 Å². The van der Waals surface area contributed by atoms with Gasteiger partial charge in [0, 0.05) is 39.8 Å². The maximum atomic E-state index is 12.4. The van der Waals surface area contributed by atoms with E-state index in [-0.39, 0.29) is 5.91 Å². The van der Waals surface area contributed by atoms with Crippen molar-refractivity contribution in [1.29, 1.82) is 0 Å². The minimum atomic E-state index is -0.275. The van der Waals surface area contributed by atoms with Gasteiger partial charge < -0.3 is 9.30 Å². The molecule has 6 heteroatoms. The molecule has 0 atom stereocenters. The quantitative estimate of drug-likeness (QED) is 0.271. The van der Waals surface area contributed by atoms with Crippen molar-refractivity contribution < 1.29 is 9.53 Å². The van der Waals surface area contributed by atoms with E-state index in [1.807, 2.05) is 55.6 Å². The zero-order valence-corrected chi connectivity index (χ0v) is 18.5. The number of carbonyl (C=O) groups excluding carboxylic acids is 1. The number of hydrogen-bond donors (Lipinski definition) is 1. The van der Waals surface area contributed by atoms with Crippen LogP contribution in [0.15, 0.2) is 84.1 Å². The second-order valence-corrected chi connectivity index (χ2v) is 7.80. The van der Waals surface area contributed by atoms with Crippen LogP contribution in [0, 0.1) is 0 Å². The number of hydrazone groups is 1. The van der Waals surface area contributed by atoms with Gasteiger partial charge >= 0.3 is 0 Å². The van der Waals surface area contributed by atoms with Crippen molar-refractivity contribution in [1.82, 2.24) is 9.99 Å². The molecule has 1 amide bonds. The van der Waals surface area contributed by atoms with Gasteiger partial charge in [0.15, 0.2) is 0 Å². The predicted octanol–water partition coefficient (Wildman–Crippen LogP) is 5.90. The lowest BCUT2D eigenvalue weighted by Gasteiger charge is -2.07. The van der Waals surface area contributed by atoms with E-state index in [1.165, 1.54) is 0 Å². The summed E-state index contributed by atoms with van der Waals surface area (Å²) in [6.45, 7) is 3.35. The second kappa shape index (κ2) is 10.2. The number of amides is 1. The van der Waals surface area contributed by atoms with E-state index in [0.29, 0.717) is 18.7 Å². The summed E-state index contributed by atoms with van der Waals surface area (Å²) < 4.78 is 7.68. The van der Waals surface area contributed by atoms with Gasteiger partial charge in [0.25, 0.3) is 5.91 Å². The molecule has 1 N–H and O–H groups in total. The van der Waals surface area contributed by atoms with E-state index in [4.69, 9.17) is 16.3 Å². The smallest absolute Gasteiger partial charge is 0.271 e. The number of benzene rings is 3. The van der Waals surface area contributed by atoms with Crippen molar-refractivity contribution in [2.75, 3.05) is 6.61 Å². The number of rotatable bonds is 8. The van der Waals surface area contributed by atoms with Crippen LogP contribution in [-0.2, 0) is 6.54 Å². The zero-order chi connectivity index (χ0) is 22.3. The van der Waals surface area contributed by atoms with Gasteiger partial charge in [-0.05, 0) is 48.4 Å². The Morgan fingerprint density at radius 2 is 1.81 bits per heavy atom. The molecule has 5 nitrogen and oxygen atoms in total. The first-order chi connectivity index (χ1) is 15.7. The average molecular weight is 446 g/mol. The van der Waals surface area contributed by atoms with Gasteiger partial charge in [-0.3, -0.25) is 4.79 Å². The van der Waals surface area contributed by atoms with Crippen molar-refractivity contribution in [2.24, 2.45) is 5.10 Å². The molecule has 0 radical (unpaired) electrons. The number of aromatic nitrogens is 1. The van der Waals surface area contributed by atoms with Gasteiger partial charge in [-0.2, -0.15) is 5.10 Å². The van der Waals surface area contributed by atoms with E-state index >= 15 is 0 Å². The molecular weight excluding hydrogens is 422 g/mol. The van der Waals surface area contributed by atoms with Crippen LogP contribution in [0.2, 0.25) is 5.02 Å². The largest absolute Gasteiger partial charge is 0.494 e. The molecule has 0 fully saturated rings. The molecule has 1 aromatic heterocycles.